The molecule has 6 nitrogen and oxygen atoms in total. The van der Waals surface area contributed by atoms with Crippen LogP contribution in [0.4, 0.5) is 11.4 Å². The topological polar surface area (TPSA) is 68.3 Å². The summed E-state index contributed by atoms with van der Waals surface area (Å²) in [6, 6.07) is 10.9. The first-order valence-electron chi connectivity index (χ1n) is 9.26. The number of hydrogen-bond acceptors (Lipinski definition) is 5. The van der Waals surface area contributed by atoms with E-state index in [2.05, 4.69) is 44.1 Å². The number of nitrogens with one attached hydrogen (secondary N) is 1. The van der Waals surface area contributed by atoms with Crippen molar-refractivity contribution in [3.63, 3.8) is 0 Å². The third-order valence-corrected chi connectivity index (χ3v) is 5.73. The summed E-state index contributed by atoms with van der Waals surface area (Å²) in [7, 11) is 1.92. The van der Waals surface area contributed by atoms with Crippen LogP contribution in [-0.2, 0) is 0 Å². The van der Waals surface area contributed by atoms with Gasteiger partial charge in [-0.1, -0.05) is 6.07 Å². The third kappa shape index (κ3) is 2.10. The van der Waals surface area contributed by atoms with Gasteiger partial charge in [-0.2, -0.15) is 0 Å². The summed E-state index contributed by atoms with van der Waals surface area (Å²) in [4.78, 5) is 16.3. The first-order chi connectivity index (χ1) is 13.2. The molecule has 6 heteroatoms. The van der Waals surface area contributed by atoms with Crippen molar-refractivity contribution in [2.45, 2.75) is 25.2 Å². The predicted octanol–water partition coefficient (Wildman–Crippen LogP) is 3.47. The molecule has 0 radical (unpaired) electrons. The first kappa shape index (κ1) is 15.0. The molecule has 1 unspecified atom stereocenters. The Morgan fingerprint density at radius 2 is 1.96 bits per heavy atom. The van der Waals surface area contributed by atoms with Crippen LogP contribution < -0.4 is 9.80 Å². The summed E-state index contributed by atoms with van der Waals surface area (Å²) in [6.07, 6.45) is 7.31. The molecule has 2 aliphatic rings. The van der Waals surface area contributed by atoms with Gasteiger partial charge in [0.05, 0.1) is 23.1 Å². The average Bonchev–Trinajstić information content (AvgIpc) is 3.36. The molecular weight excluding hydrogens is 338 g/mol. The Kier molecular flexibility index (Phi) is 2.89. The number of pyridine rings is 2. The number of aromatic amines is 1. The highest BCUT2D eigenvalue weighted by Crippen LogP contribution is 2.48. The SMILES string of the molecule is CN1c2cnc3ccc(-c4cnc5[nH]ccc5c4)cc3c2N(C2CC2)C1O. The lowest BCUT2D eigenvalue weighted by molar-refractivity contribution is 0.176. The van der Waals surface area contributed by atoms with Crippen LogP contribution in [0.2, 0.25) is 0 Å². The van der Waals surface area contributed by atoms with Crippen LogP contribution in [0.1, 0.15) is 12.8 Å². The van der Waals surface area contributed by atoms with Crippen LogP contribution in [0.25, 0.3) is 33.1 Å². The van der Waals surface area contributed by atoms with Crippen LogP contribution in [-0.4, -0.2) is 39.5 Å². The zero-order chi connectivity index (χ0) is 18.1. The van der Waals surface area contributed by atoms with E-state index in [1.165, 1.54) is 0 Å². The fourth-order valence-electron chi connectivity index (χ4n) is 4.13. The van der Waals surface area contributed by atoms with Crippen LogP contribution in [0.15, 0.2) is 48.9 Å². The number of aliphatic hydroxyl groups is 1. The maximum absolute atomic E-state index is 10.7. The predicted molar refractivity (Wildman–Crippen MR) is 107 cm³/mol. The molecule has 2 N–H and O–H groups in total. The quantitative estimate of drug-likeness (QED) is 0.575. The molecule has 6 rings (SSSR count). The molecule has 27 heavy (non-hydrogen) atoms. The number of anilines is 2. The molecule has 1 saturated carbocycles. The molecule has 3 aromatic heterocycles. The third-order valence-electron chi connectivity index (χ3n) is 5.73. The van der Waals surface area contributed by atoms with Crippen molar-refractivity contribution in [1.29, 1.82) is 0 Å². The summed E-state index contributed by atoms with van der Waals surface area (Å²) < 4.78 is 0. The molecule has 1 aliphatic carbocycles. The minimum Gasteiger partial charge on any atom is -0.356 e. The molecule has 1 aliphatic heterocycles. The van der Waals surface area contributed by atoms with Crippen LogP contribution in [0.5, 0.6) is 0 Å². The van der Waals surface area contributed by atoms with E-state index in [1.54, 1.807) is 0 Å². The van der Waals surface area contributed by atoms with Crippen molar-refractivity contribution in [2.75, 3.05) is 16.8 Å². The molecular formula is C21H19N5O. The first-order valence-corrected chi connectivity index (χ1v) is 9.26. The van der Waals surface area contributed by atoms with Crippen molar-refractivity contribution in [3.8, 4) is 11.1 Å². The lowest BCUT2D eigenvalue weighted by Crippen LogP contribution is -2.42. The molecule has 4 aromatic rings. The molecule has 4 heterocycles. The second kappa shape index (κ2) is 5.20. The molecule has 0 amide bonds. The summed E-state index contributed by atoms with van der Waals surface area (Å²) in [5.41, 5.74) is 6.10. The summed E-state index contributed by atoms with van der Waals surface area (Å²) in [5.74, 6) is 0. The van der Waals surface area contributed by atoms with Gasteiger partial charge in [-0.05, 0) is 42.7 Å². The number of fused-ring (bicyclic) bond motifs is 4. The molecule has 0 spiro atoms. The minimum atomic E-state index is -0.624. The van der Waals surface area contributed by atoms with Gasteiger partial charge in [-0.3, -0.25) is 4.98 Å². The van der Waals surface area contributed by atoms with Gasteiger partial charge in [0, 0.05) is 41.8 Å². The van der Waals surface area contributed by atoms with E-state index in [4.69, 9.17) is 0 Å². The fraction of sp³-hybridized carbons (Fsp3) is 0.238. The zero-order valence-corrected chi connectivity index (χ0v) is 14.9. The van der Waals surface area contributed by atoms with Crippen molar-refractivity contribution < 1.29 is 5.11 Å². The summed E-state index contributed by atoms with van der Waals surface area (Å²) in [6.45, 7) is 0. The monoisotopic (exact) mass is 357 g/mol. The molecule has 0 saturated heterocycles. The molecule has 134 valence electrons. The fourth-order valence-corrected chi connectivity index (χ4v) is 4.13. The maximum atomic E-state index is 10.7. The van der Waals surface area contributed by atoms with E-state index >= 15 is 0 Å². The van der Waals surface area contributed by atoms with E-state index in [0.717, 1.165) is 57.3 Å². The highest BCUT2D eigenvalue weighted by molar-refractivity contribution is 6.02. The van der Waals surface area contributed by atoms with Crippen LogP contribution in [0.3, 0.4) is 0 Å². The van der Waals surface area contributed by atoms with E-state index in [-0.39, 0.29) is 0 Å². The van der Waals surface area contributed by atoms with E-state index in [9.17, 15) is 5.11 Å². The Morgan fingerprint density at radius 1 is 1.07 bits per heavy atom. The van der Waals surface area contributed by atoms with Gasteiger partial charge >= 0.3 is 0 Å². The Labute approximate surface area is 156 Å². The average molecular weight is 357 g/mol. The zero-order valence-electron chi connectivity index (χ0n) is 14.9. The highest BCUT2D eigenvalue weighted by atomic mass is 16.3. The van der Waals surface area contributed by atoms with Gasteiger partial charge in [-0.25, -0.2) is 4.98 Å². The van der Waals surface area contributed by atoms with Gasteiger partial charge in [0.15, 0.2) is 0 Å². The number of aromatic nitrogens is 3. The Balaban J connectivity index is 1.57. The van der Waals surface area contributed by atoms with Crippen LogP contribution >= 0.6 is 0 Å². The minimum absolute atomic E-state index is 0.413. The Bertz CT molecular complexity index is 1200. The van der Waals surface area contributed by atoms with E-state index in [1.807, 2.05) is 36.6 Å². The highest BCUT2D eigenvalue weighted by Gasteiger charge is 2.42. The summed E-state index contributed by atoms with van der Waals surface area (Å²) >= 11 is 0. The van der Waals surface area contributed by atoms with Gasteiger partial charge in [-0.15, -0.1) is 0 Å². The van der Waals surface area contributed by atoms with Crippen molar-refractivity contribution >= 4 is 33.3 Å². The van der Waals surface area contributed by atoms with E-state index < -0.39 is 6.35 Å². The molecule has 1 fully saturated rings. The van der Waals surface area contributed by atoms with Crippen LogP contribution in [0, 0.1) is 0 Å². The Hall–Kier alpha value is -3.12. The maximum Gasteiger partial charge on any atom is 0.208 e. The molecule has 0 bridgehead atoms. The number of H-pyrrole nitrogens is 1. The number of benzene rings is 1. The van der Waals surface area contributed by atoms with Gasteiger partial charge in [0.1, 0.15) is 5.65 Å². The van der Waals surface area contributed by atoms with Crippen molar-refractivity contribution in [3.05, 3.63) is 48.9 Å². The van der Waals surface area contributed by atoms with Crippen molar-refractivity contribution in [2.24, 2.45) is 0 Å². The standard InChI is InChI=1S/C21H19N5O/c1-25-18-11-23-17-5-2-12(14-8-13-6-7-22-20(13)24-10-14)9-16(17)19(18)26(21(25)27)15-3-4-15/h2,5-11,15,21,27H,3-4H2,1H3,(H,22,24). The van der Waals surface area contributed by atoms with Gasteiger partial charge in [0.2, 0.25) is 6.35 Å². The van der Waals surface area contributed by atoms with Gasteiger partial charge in [0.25, 0.3) is 0 Å². The normalized spacial score (nSPS) is 19.3. The largest absolute Gasteiger partial charge is 0.356 e. The Morgan fingerprint density at radius 3 is 2.81 bits per heavy atom. The van der Waals surface area contributed by atoms with Crippen molar-refractivity contribution in [1.82, 2.24) is 15.0 Å². The number of aliphatic hydroxyl groups excluding tert-OH is 1. The second-order valence-corrected chi connectivity index (χ2v) is 7.46. The smallest absolute Gasteiger partial charge is 0.208 e. The molecule has 1 aromatic carbocycles. The van der Waals surface area contributed by atoms with E-state index in [0.29, 0.717) is 6.04 Å². The second-order valence-electron chi connectivity index (χ2n) is 7.46. The number of hydrogen-bond donors (Lipinski definition) is 2. The van der Waals surface area contributed by atoms with Gasteiger partial charge < -0.3 is 19.9 Å². The lowest BCUT2D eigenvalue weighted by Gasteiger charge is -2.26. The lowest BCUT2D eigenvalue weighted by atomic mass is 10.0. The summed E-state index contributed by atoms with van der Waals surface area (Å²) in [5, 5.41) is 12.9. The number of nitrogens with zero attached hydrogens (tertiary/aromatic N) is 4. The number of rotatable bonds is 2. The molecule has 1 atom stereocenters.